The molecule has 1 aromatic rings. The average molecular weight is 286 g/mol. The molecule has 106 valence electrons. The molecule has 6 heteroatoms. The van der Waals surface area contributed by atoms with Gasteiger partial charge in [0.05, 0.1) is 17.9 Å². The van der Waals surface area contributed by atoms with Gasteiger partial charge < -0.3 is 10.1 Å². The highest BCUT2D eigenvalue weighted by Gasteiger charge is 2.16. The third kappa shape index (κ3) is 3.48. The summed E-state index contributed by atoms with van der Waals surface area (Å²) < 4.78 is 6.71. The Morgan fingerprint density at radius 3 is 3.05 bits per heavy atom. The minimum Gasteiger partial charge on any atom is -0.382 e. The van der Waals surface area contributed by atoms with Crippen LogP contribution in [0.25, 0.3) is 0 Å². The summed E-state index contributed by atoms with van der Waals surface area (Å²) in [6.07, 6.45) is 3.75. The Morgan fingerprint density at radius 2 is 2.42 bits per heavy atom. The Kier molecular flexibility index (Phi) is 4.82. The first kappa shape index (κ1) is 14.3. The molecule has 0 radical (unpaired) electrons. The van der Waals surface area contributed by atoms with Gasteiger partial charge in [0.1, 0.15) is 5.02 Å². The van der Waals surface area contributed by atoms with Crippen LogP contribution in [-0.4, -0.2) is 29.5 Å². The first-order chi connectivity index (χ1) is 9.09. The Morgan fingerprint density at radius 1 is 1.63 bits per heavy atom. The number of anilines is 1. The summed E-state index contributed by atoms with van der Waals surface area (Å²) in [4.78, 5) is 12.0. The highest BCUT2D eigenvalue weighted by molar-refractivity contribution is 6.32. The van der Waals surface area contributed by atoms with E-state index in [4.69, 9.17) is 16.3 Å². The third-order valence-corrected chi connectivity index (χ3v) is 3.69. The molecule has 5 nitrogen and oxygen atoms in total. The third-order valence-electron chi connectivity index (χ3n) is 3.32. The van der Waals surface area contributed by atoms with Gasteiger partial charge in [0.2, 0.25) is 0 Å². The maximum atomic E-state index is 12.0. The fourth-order valence-electron chi connectivity index (χ4n) is 2.16. The van der Waals surface area contributed by atoms with Gasteiger partial charge in [-0.1, -0.05) is 11.6 Å². The standard InChI is InChI=1S/C13H20ClN3O2/c1-9(2)17-13(18)12(14)11(7-16-17)15-5-3-10-4-6-19-8-10/h7,9-10,15H,3-6,8H2,1-2H3. The lowest BCUT2D eigenvalue weighted by Gasteiger charge is -2.13. The van der Waals surface area contributed by atoms with Crippen LogP contribution in [-0.2, 0) is 4.74 Å². The summed E-state index contributed by atoms with van der Waals surface area (Å²) in [7, 11) is 0. The number of aromatic nitrogens is 2. The van der Waals surface area contributed by atoms with Crippen LogP contribution in [0.5, 0.6) is 0 Å². The predicted octanol–water partition coefficient (Wildman–Crippen LogP) is 2.32. The number of rotatable bonds is 5. The predicted molar refractivity (Wildman–Crippen MR) is 75.9 cm³/mol. The monoisotopic (exact) mass is 285 g/mol. The topological polar surface area (TPSA) is 56.1 Å². The van der Waals surface area contributed by atoms with E-state index < -0.39 is 0 Å². The molecule has 1 N–H and O–H groups in total. The van der Waals surface area contributed by atoms with Gasteiger partial charge in [-0.3, -0.25) is 4.79 Å². The summed E-state index contributed by atoms with van der Waals surface area (Å²) in [6.45, 7) is 6.27. The van der Waals surface area contributed by atoms with Crippen molar-refractivity contribution >= 4 is 17.3 Å². The summed E-state index contributed by atoms with van der Waals surface area (Å²) in [5.41, 5.74) is 0.369. The molecular formula is C13H20ClN3O2. The maximum Gasteiger partial charge on any atom is 0.287 e. The van der Waals surface area contributed by atoms with Crippen molar-refractivity contribution in [2.45, 2.75) is 32.7 Å². The van der Waals surface area contributed by atoms with Gasteiger partial charge in [-0.25, -0.2) is 4.68 Å². The van der Waals surface area contributed by atoms with E-state index in [1.54, 1.807) is 6.20 Å². The van der Waals surface area contributed by atoms with Gasteiger partial charge in [-0.2, -0.15) is 5.10 Å². The van der Waals surface area contributed by atoms with Crippen LogP contribution < -0.4 is 10.9 Å². The second-order valence-corrected chi connectivity index (χ2v) is 5.54. The molecule has 1 aliphatic rings. The van der Waals surface area contributed by atoms with Crippen molar-refractivity contribution in [2.75, 3.05) is 25.1 Å². The Hall–Kier alpha value is -1.07. The molecule has 0 aliphatic carbocycles. The highest BCUT2D eigenvalue weighted by Crippen LogP contribution is 2.19. The second kappa shape index (κ2) is 6.39. The molecule has 1 unspecified atom stereocenters. The van der Waals surface area contributed by atoms with E-state index in [1.807, 2.05) is 13.8 Å². The zero-order valence-corrected chi connectivity index (χ0v) is 12.1. The number of nitrogens with one attached hydrogen (secondary N) is 1. The molecule has 0 bridgehead atoms. The summed E-state index contributed by atoms with van der Waals surface area (Å²) in [5.74, 6) is 0.607. The van der Waals surface area contributed by atoms with Crippen LogP contribution in [0.3, 0.4) is 0 Å². The summed E-state index contributed by atoms with van der Waals surface area (Å²) in [5, 5.41) is 7.52. The number of halogens is 1. The molecule has 0 aromatic carbocycles. The van der Waals surface area contributed by atoms with Crippen molar-refractivity contribution in [2.24, 2.45) is 5.92 Å². The van der Waals surface area contributed by atoms with Crippen LogP contribution in [0.1, 0.15) is 32.7 Å². The molecule has 0 saturated carbocycles. The number of hydrogen-bond donors (Lipinski definition) is 1. The molecule has 0 spiro atoms. The SMILES string of the molecule is CC(C)n1ncc(NCCC2CCOC2)c(Cl)c1=O. The normalized spacial score (nSPS) is 19.1. The van der Waals surface area contributed by atoms with Gasteiger partial charge in [-0.15, -0.1) is 0 Å². The van der Waals surface area contributed by atoms with E-state index in [9.17, 15) is 4.79 Å². The Labute approximate surface area is 117 Å². The van der Waals surface area contributed by atoms with Gasteiger partial charge in [0.25, 0.3) is 5.56 Å². The van der Waals surface area contributed by atoms with Gasteiger partial charge in [-0.05, 0) is 32.6 Å². The van der Waals surface area contributed by atoms with E-state index in [1.165, 1.54) is 4.68 Å². The first-order valence-electron chi connectivity index (χ1n) is 6.68. The molecule has 1 fully saturated rings. The van der Waals surface area contributed by atoms with Crippen LogP contribution in [0, 0.1) is 5.92 Å². The fraction of sp³-hybridized carbons (Fsp3) is 0.692. The van der Waals surface area contributed by atoms with Crippen LogP contribution >= 0.6 is 11.6 Å². The largest absolute Gasteiger partial charge is 0.382 e. The minimum absolute atomic E-state index is 0.00897. The quantitative estimate of drug-likeness (QED) is 0.902. The van der Waals surface area contributed by atoms with E-state index in [0.717, 1.165) is 32.6 Å². The van der Waals surface area contributed by atoms with Crippen molar-refractivity contribution in [3.05, 3.63) is 21.6 Å². The van der Waals surface area contributed by atoms with Crippen molar-refractivity contribution in [1.82, 2.24) is 9.78 Å². The molecule has 19 heavy (non-hydrogen) atoms. The van der Waals surface area contributed by atoms with Crippen molar-refractivity contribution in [1.29, 1.82) is 0 Å². The van der Waals surface area contributed by atoms with Crippen LogP contribution in [0.15, 0.2) is 11.0 Å². The smallest absolute Gasteiger partial charge is 0.287 e. The maximum absolute atomic E-state index is 12.0. The van der Waals surface area contributed by atoms with Gasteiger partial charge in [0, 0.05) is 19.8 Å². The lowest BCUT2D eigenvalue weighted by molar-refractivity contribution is 0.185. The van der Waals surface area contributed by atoms with Crippen molar-refractivity contribution in [3.63, 3.8) is 0 Å². The van der Waals surface area contributed by atoms with E-state index in [-0.39, 0.29) is 16.6 Å². The molecule has 1 atom stereocenters. The molecule has 1 aliphatic heterocycles. The fourth-order valence-corrected chi connectivity index (χ4v) is 2.36. The second-order valence-electron chi connectivity index (χ2n) is 5.16. The molecule has 1 saturated heterocycles. The molecule has 1 aromatic heterocycles. The summed E-state index contributed by atoms with van der Waals surface area (Å²) >= 11 is 6.08. The zero-order valence-electron chi connectivity index (χ0n) is 11.4. The van der Waals surface area contributed by atoms with Gasteiger partial charge in [0.15, 0.2) is 0 Å². The number of nitrogens with zero attached hydrogens (tertiary/aromatic N) is 2. The minimum atomic E-state index is -0.245. The molecular weight excluding hydrogens is 266 g/mol. The Balaban J connectivity index is 1.97. The summed E-state index contributed by atoms with van der Waals surface area (Å²) in [6, 6.07) is 0.00897. The zero-order chi connectivity index (χ0) is 13.8. The lowest BCUT2D eigenvalue weighted by atomic mass is 10.1. The van der Waals surface area contributed by atoms with Crippen molar-refractivity contribution in [3.8, 4) is 0 Å². The van der Waals surface area contributed by atoms with Crippen molar-refractivity contribution < 1.29 is 4.74 Å². The van der Waals surface area contributed by atoms with Gasteiger partial charge >= 0.3 is 0 Å². The Bertz CT molecular complexity index is 481. The van der Waals surface area contributed by atoms with E-state index in [0.29, 0.717) is 11.6 Å². The number of ether oxygens (including phenoxy) is 1. The van der Waals surface area contributed by atoms with E-state index >= 15 is 0 Å². The first-order valence-corrected chi connectivity index (χ1v) is 7.06. The molecule has 2 heterocycles. The highest BCUT2D eigenvalue weighted by atomic mass is 35.5. The number of hydrogen-bond acceptors (Lipinski definition) is 4. The van der Waals surface area contributed by atoms with E-state index in [2.05, 4.69) is 10.4 Å². The van der Waals surface area contributed by atoms with Crippen LogP contribution in [0.2, 0.25) is 5.02 Å². The lowest BCUT2D eigenvalue weighted by Crippen LogP contribution is -2.26. The average Bonchev–Trinajstić information content (AvgIpc) is 2.87. The van der Waals surface area contributed by atoms with Crippen LogP contribution in [0.4, 0.5) is 5.69 Å². The molecule has 0 amide bonds. The molecule has 2 rings (SSSR count).